The molecule has 2 N–H and O–H groups in total. The highest BCUT2D eigenvalue weighted by molar-refractivity contribution is 5.87. The predicted molar refractivity (Wildman–Crippen MR) is 115 cm³/mol. The molecule has 0 saturated carbocycles. The van der Waals surface area contributed by atoms with E-state index in [1.807, 2.05) is 24.3 Å². The SMILES string of the molecule is COc1cccc(CCC(=O)N[C@H]2CCc3c(c4cc(F)ccc4n3CC(=O)O)C2)c1. The van der Waals surface area contributed by atoms with Crippen molar-refractivity contribution in [3.05, 3.63) is 65.1 Å². The third-order valence-corrected chi connectivity index (χ3v) is 5.86. The van der Waals surface area contributed by atoms with Gasteiger partial charge in [0.1, 0.15) is 18.1 Å². The highest BCUT2D eigenvalue weighted by Crippen LogP contribution is 2.33. The second kappa shape index (κ2) is 8.79. The minimum absolute atomic E-state index is 0.0308. The molecule has 7 heteroatoms. The summed E-state index contributed by atoms with van der Waals surface area (Å²) >= 11 is 0. The molecule has 162 valence electrons. The van der Waals surface area contributed by atoms with E-state index in [1.54, 1.807) is 17.7 Å². The molecule has 0 unspecified atom stereocenters. The largest absolute Gasteiger partial charge is 0.497 e. The number of amides is 1. The lowest BCUT2D eigenvalue weighted by atomic mass is 9.91. The number of halogens is 1. The fourth-order valence-electron chi connectivity index (χ4n) is 4.45. The Morgan fingerprint density at radius 1 is 1.26 bits per heavy atom. The summed E-state index contributed by atoms with van der Waals surface area (Å²) in [5, 5.41) is 13.1. The quantitative estimate of drug-likeness (QED) is 0.609. The van der Waals surface area contributed by atoms with E-state index in [1.165, 1.54) is 12.1 Å². The fourth-order valence-corrected chi connectivity index (χ4v) is 4.45. The van der Waals surface area contributed by atoms with Gasteiger partial charge in [0.15, 0.2) is 0 Å². The van der Waals surface area contributed by atoms with Crippen molar-refractivity contribution in [2.75, 3.05) is 7.11 Å². The summed E-state index contributed by atoms with van der Waals surface area (Å²) in [5.41, 5.74) is 3.61. The van der Waals surface area contributed by atoms with Crippen LogP contribution in [0.15, 0.2) is 42.5 Å². The lowest BCUT2D eigenvalue weighted by molar-refractivity contribution is -0.137. The maximum Gasteiger partial charge on any atom is 0.323 e. The second-order valence-corrected chi connectivity index (χ2v) is 7.93. The number of aryl methyl sites for hydroxylation is 1. The van der Waals surface area contributed by atoms with Crippen LogP contribution in [-0.2, 0) is 35.4 Å². The van der Waals surface area contributed by atoms with Crippen LogP contribution in [0.4, 0.5) is 4.39 Å². The number of carboxylic acids is 1. The Morgan fingerprint density at radius 3 is 2.87 bits per heavy atom. The van der Waals surface area contributed by atoms with E-state index in [2.05, 4.69) is 5.32 Å². The first kappa shape index (κ1) is 20.9. The van der Waals surface area contributed by atoms with Crippen LogP contribution in [0.3, 0.4) is 0 Å². The lowest BCUT2D eigenvalue weighted by Crippen LogP contribution is -2.39. The molecule has 1 atom stereocenters. The van der Waals surface area contributed by atoms with E-state index < -0.39 is 5.97 Å². The zero-order valence-electron chi connectivity index (χ0n) is 17.4. The molecule has 1 aliphatic rings. The summed E-state index contributed by atoms with van der Waals surface area (Å²) in [6.45, 7) is -0.158. The standard InChI is InChI=1S/C24H25FN2O4/c1-31-18-4-2-3-15(11-18)5-10-23(28)26-17-7-9-22-20(13-17)19-12-16(25)6-8-21(19)27(22)14-24(29)30/h2-4,6,8,11-12,17H,5,7,9-10,13-14H2,1H3,(H,26,28)(H,29,30)/t17-/m0/s1. The van der Waals surface area contributed by atoms with Crippen molar-refractivity contribution in [1.29, 1.82) is 0 Å². The van der Waals surface area contributed by atoms with E-state index in [4.69, 9.17) is 4.74 Å². The number of carbonyl (C=O) groups is 2. The molecule has 2 aromatic carbocycles. The van der Waals surface area contributed by atoms with Gasteiger partial charge in [-0.2, -0.15) is 0 Å². The van der Waals surface area contributed by atoms with Gasteiger partial charge in [0.05, 0.1) is 7.11 Å². The maximum absolute atomic E-state index is 13.9. The summed E-state index contributed by atoms with van der Waals surface area (Å²) in [4.78, 5) is 23.9. The molecule has 1 aliphatic carbocycles. The molecule has 1 aromatic heterocycles. The van der Waals surface area contributed by atoms with Crippen LogP contribution in [0.1, 0.15) is 29.7 Å². The van der Waals surface area contributed by atoms with Gasteiger partial charge >= 0.3 is 5.97 Å². The Hall–Kier alpha value is -3.35. The lowest BCUT2D eigenvalue weighted by Gasteiger charge is -2.25. The summed E-state index contributed by atoms with van der Waals surface area (Å²) in [6, 6.07) is 12.0. The molecule has 3 aromatic rings. The molecule has 0 bridgehead atoms. The number of hydrogen-bond acceptors (Lipinski definition) is 3. The number of fused-ring (bicyclic) bond motifs is 3. The summed E-state index contributed by atoms with van der Waals surface area (Å²) in [6.07, 6.45) is 2.90. The smallest absolute Gasteiger partial charge is 0.323 e. The van der Waals surface area contributed by atoms with Gasteiger partial charge < -0.3 is 19.7 Å². The number of nitrogens with one attached hydrogen (secondary N) is 1. The number of rotatable bonds is 7. The Kier molecular flexibility index (Phi) is 5.93. The molecule has 1 amide bonds. The third-order valence-electron chi connectivity index (χ3n) is 5.86. The van der Waals surface area contributed by atoms with E-state index in [0.717, 1.165) is 39.9 Å². The normalized spacial score (nSPS) is 15.5. The average Bonchev–Trinajstić information content (AvgIpc) is 3.04. The zero-order valence-corrected chi connectivity index (χ0v) is 17.4. The first-order chi connectivity index (χ1) is 14.9. The van der Waals surface area contributed by atoms with Gasteiger partial charge in [0, 0.05) is 29.1 Å². The third kappa shape index (κ3) is 4.55. The number of nitrogens with zero attached hydrogens (tertiary/aromatic N) is 1. The Morgan fingerprint density at radius 2 is 2.10 bits per heavy atom. The summed E-state index contributed by atoms with van der Waals surface area (Å²) in [5.74, 6) is -0.552. The van der Waals surface area contributed by atoms with Crippen LogP contribution >= 0.6 is 0 Å². The molecule has 4 rings (SSSR count). The summed E-state index contributed by atoms with van der Waals surface area (Å²) < 4.78 is 20.9. The van der Waals surface area contributed by atoms with Crippen molar-refractivity contribution in [3.8, 4) is 5.75 Å². The minimum atomic E-state index is -0.933. The number of aliphatic carboxylic acids is 1. The van der Waals surface area contributed by atoms with Crippen LogP contribution in [0.5, 0.6) is 5.75 Å². The molecular formula is C24H25FN2O4. The molecule has 6 nitrogen and oxygen atoms in total. The molecular weight excluding hydrogens is 399 g/mol. The molecule has 0 aliphatic heterocycles. The van der Waals surface area contributed by atoms with Gasteiger partial charge in [-0.3, -0.25) is 9.59 Å². The molecule has 1 heterocycles. The van der Waals surface area contributed by atoms with Gasteiger partial charge in [-0.05, 0) is 67.1 Å². The second-order valence-electron chi connectivity index (χ2n) is 7.93. The van der Waals surface area contributed by atoms with E-state index in [9.17, 15) is 19.1 Å². The first-order valence-corrected chi connectivity index (χ1v) is 10.4. The number of carboxylic acid groups (broad SMARTS) is 1. The summed E-state index contributed by atoms with van der Waals surface area (Å²) in [7, 11) is 1.61. The van der Waals surface area contributed by atoms with E-state index in [0.29, 0.717) is 25.7 Å². The molecule has 0 radical (unpaired) electrons. The van der Waals surface area contributed by atoms with Crippen molar-refractivity contribution in [2.45, 2.75) is 44.7 Å². The number of hydrogen-bond donors (Lipinski definition) is 2. The topological polar surface area (TPSA) is 80.6 Å². The van der Waals surface area contributed by atoms with Gasteiger partial charge in [-0.1, -0.05) is 12.1 Å². The van der Waals surface area contributed by atoms with Crippen LogP contribution < -0.4 is 10.1 Å². The Bertz CT molecular complexity index is 1140. The Labute approximate surface area is 179 Å². The molecule has 0 fully saturated rings. The van der Waals surface area contributed by atoms with Crippen molar-refractivity contribution in [3.63, 3.8) is 0 Å². The van der Waals surface area contributed by atoms with Crippen molar-refractivity contribution in [2.24, 2.45) is 0 Å². The zero-order chi connectivity index (χ0) is 22.0. The first-order valence-electron chi connectivity index (χ1n) is 10.4. The number of ether oxygens (including phenoxy) is 1. The van der Waals surface area contributed by atoms with Gasteiger partial charge in [0.2, 0.25) is 5.91 Å². The maximum atomic E-state index is 13.9. The molecule has 0 spiro atoms. The van der Waals surface area contributed by atoms with E-state index >= 15 is 0 Å². The van der Waals surface area contributed by atoms with Crippen LogP contribution in [0.25, 0.3) is 10.9 Å². The monoisotopic (exact) mass is 424 g/mol. The van der Waals surface area contributed by atoms with Gasteiger partial charge in [0.25, 0.3) is 0 Å². The highest BCUT2D eigenvalue weighted by atomic mass is 19.1. The van der Waals surface area contributed by atoms with Gasteiger partial charge in [-0.15, -0.1) is 0 Å². The highest BCUT2D eigenvalue weighted by Gasteiger charge is 2.27. The number of carbonyl (C=O) groups excluding carboxylic acids is 1. The molecule has 0 saturated heterocycles. The average molecular weight is 424 g/mol. The van der Waals surface area contributed by atoms with Crippen LogP contribution in [0, 0.1) is 5.82 Å². The fraction of sp³-hybridized carbons (Fsp3) is 0.333. The van der Waals surface area contributed by atoms with Crippen molar-refractivity contribution >= 4 is 22.8 Å². The van der Waals surface area contributed by atoms with Crippen LogP contribution in [-0.4, -0.2) is 34.7 Å². The van der Waals surface area contributed by atoms with E-state index in [-0.39, 0.29) is 24.3 Å². The van der Waals surface area contributed by atoms with Crippen molar-refractivity contribution < 1.29 is 23.8 Å². The predicted octanol–water partition coefficient (Wildman–Crippen LogP) is 3.48. The number of aromatic nitrogens is 1. The minimum Gasteiger partial charge on any atom is -0.497 e. The number of benzene rings is 2. The molecule has 31 heavy (non-hydrogen) atoms. The van der Waals surface area contributed by atoms with Crippen molar-refractivity contribution in [1.82, 2.24) is 9.88 Å². The number of methoxy groups -OCH3 is 1. The van der Waals surface area contributed by atoms with Gasteiger partial charge in [-0.25, -0.2) is 4.39 Å². The van der Waals surface area contributed by atoms with Crippen LogP contribution in [0.2, 0.25) is 0 Å². The Balaban J connectivity index is 1.47.